The first-order chi connectivity index (χ1) is 13.3. The molecule has 0 fully saturated rings. The summed E-state index contributed by atoms with van der Waals surface area (Å²) < 4.78 is 2.54. The van der Waals surface area contributed by atoms with Crippen molar-refractivity contribution in [3.05, 3.63) is 24.3 Å². The minimum Gasteiger partial charge on any atom is -0.327 e. The summed E-state index contributed by atoms with van der Waals surface area (Å²) in [6.07, 6.45) is 25.0. The van der Waals surface area contributed by atoms with Crippen molar-refractivity contribution in [3.8, 4) is 0 Å². The van der Waals surface area contributed by atoms with Gasteiger partial charge in [-0.15, -0.1) is 0 Å². The van der Waals surface area contributed by atoms with Crippen LogP contribution in [0.2, 0.25) is 0 Å². The zero-order chi connectivity index (χ0) is 19.6. The van der Waals surface area contributed by atoms with Crippen LogP contribution in [0.5, 0.6) is 0 Å². The normalized spacial score (nSPS) is 15.1. The first-order valence-corrected chi connectivity index (χ1v) is 11.7. The molecule has 0 amide bonds. The summed E-state index contributed by atoms with van der Waals surface area (Å²) >= 11 is 0. The maximum atomic E-state index is 5.76. The van der Waals surface area contributed by atoms with E-state index < -0.39 is 0 Å². The van der Waals surface area contributed by atoms with Crippen molar-refractivity contribution < 1.29 is 4.58 Å². The average Bonchev–Trinajstić information content (AvgIpc) is 3.07. The van der Waals surface area contributed by atoms with Crippen molar-refractivity contribution >= 4 is 5.84 Å². The van der Waals surface area contributed by atoms with E-state index in [4.69, 9.17) is 5.73 Å². The Labute approximate surface area is 169 Å². The second-order valence-electron chi connectivity index (χ2n) is 7.75. The summed E-state index contributed by atoms with van der Waals surface area (Å²) in [6.45, 7) is 9.80. The van der Waals surface area contributed by atoms with Crippen LogP contribution in [0.25, 0.3) is 0 Å². The molecule has 3 heteroatoms. The molecule has 1 aliphatic heterocycles. The van der Waals surface area contributed by atoms with Gasteiger partial charge in [0.05, 0.1) is 13.1 Å². The van der Waals surface area contributed by atoms with Gasteiger partial charge in [-0.1, -0.05) is 63.3 Å². The standard InChI is InChI=1S/C24H46N3/c1-3-5-6-7-8-9-10-11-12-13-14-15-16-17-18-19-24-26(4-2)22-23-27(24)21-20-25/h8-9,11-12H,3-7,10,13-23,25H2,1-2H3/q+1/b9-8-,12-11+. The van der Waals surface area contributed by atoms with Gasteiger partial charge in [-0.05, 0) is 45.4 Å². The summed E-state index contributed by atoms with van der Waals surface area (Å²) in [7, 11) is 0. The zero-order valence-electron chi connectivity index (χ0n) is 18.3. The van der Waals surface area contributed by atoms with E-state index >= 15 is 0 Å². The van der Waals surface area contributed by atoms with E-state index in [2.05, 4.69) is 47.6 Å². The van der Waals surface area contributed by atoms with Crippen LogP contribution >= 0.6 is 0 Å². The second kappa shape index (κ2) is 17.0. The topological polar surface area (TPSA) is 32.3 Å². The summed E-state index contributed by atoms with van der Waals surface area (Å²) in [6, 6.07) is 0. The molecule has 1 aliphatic rings. The molecule has 0 saturated carbocycles. The fourth-order valence-electron chi connectivity index (χ4n) is 3.85. The average molecular weight is 377 g/mol. The highest BCUT2D eigenvalue weighted by Crippen LogP contribution is 2.12. The number of hydrogen-bond donors (Lipinski definition) is 1. The molecule has 0 bridgehead atoms. The van der Waals surface area contributed by atoms with Crippen molar-refractivity contribution in [2.45, 2.75) is 90.9 Å². The number of nitrogens with zero attached hydrogens (tertiary/aromatic N) is 2. The first-order valence-electron chi connectivity index (χ1n) is 11.7. The van der Waals surface area contributed by atoms with Crippen LogP contribution in [0.4, 0.5) is 0 Å². The maximum absolute atomic E-state index is 5.76. The molecule has 27 heavy (non-hydrogen) atoms. The molecule has 0 aliphatic carbocycles. The van der Waals surface area contributed by atoms with Crippen molar-refractivity contribution in [2.75, 3.05) is 32.7 Å². The summed E-state index contributed by atoms with van der Waals surface area (Å²) in [4.78, 5) is 2.51. The lowest BCUT2D eigenvalue weighted by atomic mass is 10.1. The van der Waals surface area contributed by atoms with Crippen LogP contribution in [-0.2, 0) is 0 Å². The van der Waals surface area contributed by atoms with Gasteiger partial charge in [0.2, 0.25) is 5.84 Å². The van der Waals surface area contributed by atoms with Gasteiger partial charge < -0.3 is 5.73 Å². The van der Waals surface area contributed by atoms with Crippen molar-refractivity contribution in [1.29, 1.82) is 0 Å². The SMILES string of the molecule is CCCCC/C=C\C/C=C/CCCCCCCC1=[N+](CC)CCN1CCN. The van der Waals surface area contributed by atoms with Crippen LogP contribution in [0.3, 0.4) is 0 Å². The van der Waals surface area contributed by atoms with E-state index in [1.54, 1.807) is 5.84 Å². The molecule has 0 radical (unpaired) electrons. The Morgan fingerprint density at radius 1 is 0.889 bits per heavy atom. The van der Waals surface area contributed by atoms with Gasteiger partial charge in [0.25, 0.3) is 0 Å². The van der Waals surface area contributed by atoms with E-state index in [9.17, 15) is 0 Å². The lowest BCUT2D eigenvalue weighted by molar-refractivity contribution is -0.515. The molecule has 0 aromatic rings. The van der Waals surface area contributed by atoms with E-state index in [0.717, 1.165) is 26.1 Å². The number of rotatable bonds is 17. The fraction of sp³-hybridized carbons (Fsp3) is 0.792. The van der Waals surface area contributed by atoms with Gasteiger partial charge in [-0.2, -0.15) is 0 Å². The molecule has 1 heterocycles. The Morgan fingerprint density at radius 2 is 1.56 bits per heavy atom. The predicted octanol–water partition coefficient (Wildman–Crippen LogP) is 5.51. The van der Waals surface area contributed by atoms with Crippen molar-refractivity contribution in [2.24, 2.45) is 5.73 Å². The summed E-state index contributed by atoms with van der Waals surface area (Å²) in [5.74, 6) is 1.55. The minimum atomic E-state index is 0.767. The van der Waals surface area contributed by atoms with E-state index in [0.29, 0.717) is 0 Å². The van der Waals surface area contributed by atoms with E-state index in [1.165, 1.54) is 83.7 Å². The highest BCUT2D eigenvalue weighted by Gasteiger charge is 2.27. The predicted molar refractivity (Wildman–Crippen MR) is 121 cm³/mol. The quantitative estimate of drug-likeness (QED) is 0.206. The molecule has 1 rings (SSSR count). The first kappa shape index (κ1) is 23.9. The molecule has 0 saturated heterocycles. The Bertz CT molecular complexity index is 437. The number of hydrogen-bond acceptors (Lipinski definition) is 2. The molecular formula is C24H46N3+. The molecule has 2 N–H and O–H groups in total. The monoisotopic (exact) mass is 376 g/mol. The number of nitrogens with two attached hydrogens (primary N) is 1. The minimum absolute atomic E-state index is 0.767. The lowest BCUT2D eigenvalue weighted by Gasteiger charge is -2.12. The van der Waals surface area contributed by atoms with Crippen molar-refractivity contribution in [1.82, 2.24) is 4.90 Å². The number of likely N-dealkylation sites (N-methyl/N-ethyl adjacent to an activating group) is 1. The number of amidine groups is 1. The molecule has 0 atom stereocenters. The Balaban J connectivity index is 1.99. The fourth-order valence-corrected chi connectivity index (χ4v) is 3.85. The Hall–Kier alpha value is -1.09. The van der Waals surface area contributed by atoms with Gasteiger partial charge in [0, 0.05) is 13.0 Å². The Morgan fingerprint density at radius 3 is 2.22 bits per heavy atom. The molecule has 3 nitrogen and oxygen atoms in total. The highest BCUT2D eigenvalue weighted by atomic mass is 15.3. The third-order valence-electron chi connectivity index (χ3n) is 5.50. The second-order valence-corrected chi connectivity index (χ2v) is 7.75. The van der Waals surface area contributed by atoms with Gasteiger partial charge >= 0.3 is 0 Å². The largest absolute Gasteiger partial charge is 0.327 e. The molecule has 0 aromatic carbocycles. The Kier molecular flexibility index (Phi) is 15.1. The van der Waals surface area contributed by atoms with Crippen molar-refractivity contribution in [3.63, 3.8) is 0 Å². The molecule has 156 valence electrons. The van der Waals surface area contributed by atoms with Gasteiger partial charge in [-0.25, -0.2) is 0 Å². The number of unbranched alkanes of at least 4 members (excludes halogenated alkanes) is 8. The molecule has 0 aromatic heterocycles. The third kappa shape index (κ3) is 11.4. The van der Waals surface area contributed by atoms with E-state index in [-0.39, 0.29) is 0 Å². The van der Waals surface area contributed by atoms with Gasteiger partial charge in [-0.3, -0.25) is 9.48 Å². The summed E-state index contributed by atoms with van der Waals surface area (Å²) in [5, 5.41) is 0. The molecule has 0 unspecified atom stereocenters. The molecular weight excluding hydrogens is 330 g/mol. The van der Waals surface area contributed by atoms with Crippen LogP contribution in [-0.4, -0.2) is 48.0 Å². The zero-order valence-corrected chi connectivity index (χ0v) is 18.3. The third-order valence-corrected chi connectivity index (χ3v) is 5.50. The highest BCUT2D eigenvalue weighted by molar-refractivity contribution is 5.78. The smallest absolute Gasteiger partial charge is 0.247 e. The molecule has 0 spiro atoms. The van der Waals surface area contributed by atoms with Crippen LogP contribution in [0.1, 0.15) is 90.9 Å². The lowest BCUT2D eigenvalue weighted by Crippen LogP contribution is -2.34. The van der Waals surface area contributed by atoms with Crippen LogP contribution < -0.4 is 5.73 Å². The van der Waals surface area contributed by atoms with Crippen LogP contribution in [0, 0.1) is 0 Å². The van der Waals surface area contributed by atoms with Gasteiger partial charge in [0.15, 0.2) is 0 Å². The maximum Gasteiger partial charge on any atom is 0.247 e. The van der Waals surface area contributed by atoms with Crippen LogP contribution in [0.15, 0.2) is 24.3 Å². The van der Waals surface area contributed by atoms with E-state index in [1.807, 2.05) is 0 Å². The van der Waals surface area contributed by atoms with Gasteiger partial charge in [0.1, 0.15) is 13.1 Å². The summed E-state index contributed by atoms with van der Waals surface area (Å²) in [5.41, 5.74) is 5.76. The number of allylic oxidation sites excluding steroid dienone is 4.